The largest absolute Gasteiger partial charge is 0.457 e. The Kier molecular flexibility index (Phi) is 39.5. The summed E-state index contributed by atoms with van der Waals surface area (Å²) in [4.78, 5) is 12.2. The summed E-state index contributed by atoms with van der Waals surface area (Å²) in [5.41, 5.74) is 0. The maximum Gasteiger partial charge on any atom is 0.306 e. The number of allylic oxidation sites excluding steroid dienone is 2. The van der Waals surface area contributed by atoms with Crippen molar-refractivity contribution >= 4 is 5.97 Å². The highest BCUT2D eigenvalue weighted by molar-refractivity contribution is 5.69. The van der Waals surface area contributed by atoms with Gasteiger partial charge in [-0.15, -0.1) is 0 Å². The topological polar surface area (TPSA) is 55.8 Å². The van der Waals surface area contributed by atoms with Crippen molar-refractivity contribution in [2.24, 2.45) is 0 Å². The fourth-order valence-electron chi connectivity index (χ4n) is 6.21. The molecular formula is C42H82O4. The monoisotopic (exact) mass is 651 g/mol. The van der Waals surface area contributed by atoms with Crippen molar-refractivity contribution in [1.82, 2.24) is 0 Å². The molecule has 0 aromatic rings. The summed E-state index contributed by atoms with van der Waals surface area (Å²) in [6.07, 6.45) is 47.0. The van der Waals surface area contributed by atoms with E-state index in [1.54, 1.807) is 0 Å². The number of hydrogen-bond acceptors (Lipinski definition) is 4. The molecular weight excluding hydrogens is 568 g/mol. The average molecular weight is 651 g/mol. The maximum absolute atomic E-state index is 12.2. The zero-order chi connectivity index (χ0) is 33.4. The molecule has 4 heteroatoms. The van der Waals surface area contributed by atoms with Crippen LogP contribution in [0.2, 0.25) is 0 Å². The Hall–Kier alpha value is -0.870. The minimum absolute atomic E-state index is 0.166. The van der Waals surface area contributed by atoms with Crippen LogP contribution in [0.3, 0.4) is 0 Å². The van der Waals surface area contributed by atoms with E-state index in [0.29, 0.717) is 19.6 Å². The van der Waals surface area contributed by atoms with E-state index >= 15 is 0 Å². The van der Waals surface area contributed by atoms with Gasteiger partial charge in [-0.25, -0.2) is 0 Å². The molecule has 274 valence electrons. The Bertz CT molecular complexity index is 604. The summed E-state index contributed by atoms with van der Waals surface area (Å²) in [5, 5.41) is 9.56. The molecule has 0 radical (unpaired) electrons. The molecule has 0 aromatic carbocycles. The second-order valence-corrected chi connectivity index (χ2v) is 14.1. The molecule has 4 nitrogen and oxygen atoms in total. The number of unbranched alkanes of at least 4 members (excludes halogenated alkanes) is 29. The standard InChI is InChI=1S/C42H82O4/c1-3-5-7-9-11-13-15-16-17-18-19-20-21-22-23-24-25-26-27-29-31-33-35-37-42(44)46-41(39-43)40-45-38-36-34-32-30-28-14-12-10-8-6-4-2/h18-19,41,43H,3-17,20-40H2,1-2H3/b19-18-. The molecule has 0 saturated carbocycles. The molecule has 0 rings (SSSR count). The molecule has 0 aliphatic carbocycles. The van der Waals surface area contributed by atoms with Crippen LogP contribution in [-0.2, 0) is 14.3 Å². The summed E-state index contributed by atoms with van der Waals surface area (Å²) in [5.74, 6) is -0.198. The van der Waals surface area contributed by atoms with E-state index in [9.17, 15) is 9.90 Å². The third kappa shape index (κ3) is 37.6. The molecule has 46 heavy (non-hydrogen) atoms. The van der Waals surface area contributed by atoms with Gasteiger partial charge in [0.25, 0.3) is 0 Å². The van der Waals surface area contributed by atoms with Gasteiger partial charge in [-0.2, -0.15) is 0 Å². The molecule has 0 amide bonds. The first-order valence-corrected chi connectivity index (χ1v) is 20.8. The van der Waals surface area contributed by atoms with Crippen LogP contribution in [0.25, 0.3) is 0 Å². The fourth-order valence-corrected chi connectivity index (χ4v) is 6.21. The van der Waals surface area contributed by atoms with Crippen molar-refractivity contribution in [2.45, 2.75) is 232 Å². The Morgan fingerprint density at radius 2 is 0.848 bits per heavy atom. The van der Waals surface area contributed by atoms with Gasteiger partial charge in [-0.05, 0) is 38.5 Å². The summed E-state index contributed by atoms with van der Waals surface area (Å²) in [6.45, 7) is 5.37. The molecule has 0 fully saturated rings. The first kappa shape index (κ1) is 45.1. The van der Waals surface area contributed by atoms with Gasteiger partial charge in [0.1, 0.15) is 6.10 Å². The summed E-state index contributed by atoms with van der Waals surface area (Å²) in [6, 6.07) is 0. The smallest absolute Gasteiger partial charge is 0.306 e. The van der Waals surface area contributed by atoms with E-state index in [1.807, 2.05) is 0 Å². The van der Waals surface area contributed by atoms with Gasteiger partial charge in [0, 0.05) is 13.0 Å². The maximum atomic E-state index is 12.2. The van der Waals surface area contributed by atoms with Crippen LogP contribution in [0.4, 0.5) is 0 Å². The molecule has 0 aromatic heterocycles. The van der Waals surface area contributed by atoms with E-state index in [-0.39, 0.29) is 12.6 Å². The van der Waals surface area contributed by atoms with Gasteiger partial charge in [0.05, 0.1) is 13.2 Å². The first-order chi connectivity index (χ1) is 22.7. The molecule has 1 atom stereocenters. The van der Waals surface area contributed by atoms with Crippen LogP contribution < -0.4 is 0 Å². The highest BCUT2D eigenvalue weighted by atomic mass is 16.6. The Labute approximate surface area is 288 Å². The Balaban J connectivity index is 3.37. The summed E-state index contributed by atoms with van der Waals surface area (Å²) in [7, 11) is 0. The molecule has 0 saturated heterocycles. The zero-order valence-electron chi connectivity index (χ0n) is 31.4. The number of esters is 1. The van der Waals surface area contributed by atoms with E-state index in [1.165, 1.54) is 186 Å². The van der Waals surface area contributed by atoms with E-state index in [0.717, 1.165) is 19.3 Å². The third-order valence-electron chi connectivity index (χ3n) is 9.34. The SMILES string of the molecule is CCCCCCCCCC/C=C\CCCCCCCCCCCCCC(=O)OC(CO)COCCCCCCCCCCCCC. The second-order valence-electron chi connectivity index (χ2n) is 14.1. The molecule has 1 N–H and O–H groups in total. The normalized spacial score (nSPS) is 12.3. The molecule has 0 aliphatic rings. The van der Waals surface area contributed by atoms with Gasteiger partial charge in [-0.1, -0.05) is 193 Å². The predicted molar refractivity (Wildman–Crippen MR) is 201 cm³/mol. The number of aliphatic hydroxyl groups excluding tert-OH is 1. The van der Waals surface area contributed by atoms with Crippen molar-refractivity contribution in [3.8, 4) is 0 Å². The number of rotatable bonds is 39. The molecule has 0 aliphatic heterocycles. The van der Waals surface area contributed by atoms with E-state index in [4.69, 9.17) is 9.47 Å². The van der Waals surface area contributed by atoms with Crippen LogP contribution in [0.1, 0.15) is 226 Å². The molecule has 1 unspecified atom stereocenters. The van der Waals surface area contributed by atoms with Crippen LogP contribution in [0.15, 0.2) is 12.2 Å². The first-order valence-electron chi connectivity index (χ1n) is 20.8. The number of carbonyl (C=O) groups excluding carboxylic acids is 1. The van der Waals surface area contributed by atoms with Crippen molar-refractivity contribution in [3.63, 3.8) is 0 Å². The number of ether oxygens (including phenoxy) is 2. The quantitative estimate of drug-likeness (QED) is 0.0408. The minimum atomic E-state index is -0.527. The fraction of sp³-hybridized carbons (Fsp3) is 0.929. The van der Waals surface area contributed by atoms with Crippen molar-refractivity contribution < 1.29 is 19.4 Å². The Morgan fingerprint density at radius 1 is 0.500 bits per heavy atom. The van der Waals surface area contributed by atoms with Gasteiger partial charge in [-0.3, -0.25) is 4.79 Å². The number of aliphatic hydroxyl groups is 1. The van der Waals surface area contributed by atoms with Gasteiger partial charge < -0.3 is 14.6 Å². The highest BCUT2D eigenvalue weighted by Crippen LogP contribution is 2.15. The predicted octanol–water partition coefficient (Wildman–Crippen LogP) is 13.4. The van der Waals surface area contributed by atoms with E-state index < -0.39 is 6.10 Å². The summed E-state index contributed by atoms with van der Waals surface area (Å²) >= 11 is 0. The molecule has 0 bridgehead atoms. The lowest BCUT2D eigenvalue weighted by atomic mass is 10.0. The molecule has 0 heterocycles. The van der Waals surface area contributed by atoms with Gasteiger partial charge in [0.15, 0.2) is 0 Å². The lowest BCUT2D eigenvalue weighted by molar-refractivity contribution is -0.154. The van der Waals surface area contributed by atoms with Crippen LogP contribution in [-0.4, -0.2) is 37.0 Å². The van der Waals surface area contributed by atoms with Gasteiger partial charge in [0.2, 0.25) is 0 Å². The lowest BCUT2D eigenvalue weighted by Crippen LogP contribution is -2.27. The number of hydrogen-bond donors (Lipinski definition) is 1. The van der Waals surface area contributed by atoms with Crippen molar-refractivity contribution in [2.75, 3.05) is 19.8 Å². The molecule has 0 spiro atoms. The van der Waals surface area contributed by atoms with Crippen LogP contribution >= 0.6 is 0 Å². The van der Waals surface area contributed by atoms with E-state index in [2.05, 4.69) is 26.0 Å². The average Bonchev–Trinajstić information content (AvgIpc) is 3.06. The third-order valence-corrected chi connectivity index (χ3v) is 9.34. The lowest BCUT2D eigenvalue weighted by Gasteiger charge is -2.16. The van der Waals surface area contributed by atoms with Crippen molar-refractivity contribution in [3.05, 3.63) is 12.2 Å². The zero-order valence-corrected chi connectivity index (χ0v) is 31.4. The second kappa shape index (κ2) is 40.3. The highest BCUT2D eigenvalue weighted by Gasteiger charge is 2.13. The van der Waals surface area contributed by atoms with Crippen LogP contribution in [0, 0.1) is 0 Å². The Morgan fingerprint density at radius 3 is 1.24 bits per heavy atom. The minimum Gasteiger partial charge on any atom is -0.457 e. The number of carbonyl (C=O) groups is 1. The van der Waals surface area contributed by atoms with Crippen molar-refractivity contribution in [1.29, 1.82) is 0 Å². The van der Waals surface area contributed by atoms with Gasteiger partial charge >= 0.3 is 5.97 Å². The summed E-state index contributed by atoms with van der Waals surface area (Å²) < 4.78 is 11.1. The van der Waals surface area contributed by atoms with Crippen LogP contribution in [0.5, 0.6) is 0 Å².